The molecule has 0 saturated heterocycles. The predicted molar refractivity (Wildman–Crippen MR) is 186 cm³/mol. The fraction of sp³-hybridized carbons (Fsp3) is 0. The first kappa shape index (κ1) is 23.2. The van der Waals surface area contributed by atoms with Crippen molar-refractivity contribution < 1.29 is 0 Å². The lowest BCUT2D eigenvalue weighted by atomic mass is 9.98. The first-order valence-corrected chi connectivity index (χ1v) is 15.5. The Morgan fingerprint density at radius 3 is 2.02 bits per heavy atom. The molecule has 200 valence electrons. The number of benzene rings is 7. The second-order valence-corrected chi connectivity index (χ2v) is 12.5. The van der Waals surface area contributed by atoms with Crippen LogP contribution in [0.1, 0.15) is 0 Å². The summed E-state index contributed by atoms with van der Waals surface area (Å²) in [4.78, 5) is 3.80. The Bertz CT molecular complexity index is 2720. The minimum absolute atomic E-state index is 1.18. The van der Waals surface area contributed by atoms with Crippen LogP contribution in [0.3, 0.4) is 0 Å². The molecule has 0 bridgehead atoms. The number of rotatable bonds is 2. The molecule has 0 amide bonds. The van der Waals surface area contributed by atoms with Crippen LogP contribution >= 0.6 is 11.3 Å². The van der Waals surface area contributed by atoms with E-state index in [1.165, 1.54) is 91.4 Å². The highest BCUT2D eigenvalue weighted by Gasteiger charge is 2.20. The highest BCUT2D eigenvalue weighted by Crippen LogP contribution is 2.47. The van der Waals surface area contributed by atoms with E-state index in [-0.39, 0.29) is 0 Å². The number of para-hydroxylation sites is 2. The molecule has 3 heteroatoms. The van der Waals surface area contributed by atoms with Gasteiger partial charge < -0.3 is 9.55 Å². The summed E-state index contributed by atoms with van der Waals surface area (Å²) in [6.45, 7) is 0. The van der Waals surface area contributed by atoms with Gasteiger partial charge in [0.05, 0.1) is 21.3 Å². The number of H-pyrrole nitrogens is 1. The summed E-state index contributed by atoms with van der Waals surface area (Å²) in [6, 6.07) is 50.9. The highest BCUT2D eigenvalue weighted by molar-refractivity contribution is 7.27. The van der Waals surface area contributed by atoms with Crippen molar-refractivity contribution in [1.82, 2.24) is 9.55 Å². The fourth-order valence-electron chi connectivity index (χ4n) is 7.25. The molecule has 10 aromatic rings. The van der Waals surface area contributed by atoms with Crippen molar-refractivity contribution in [1.29, 1.82) is 0 Å². The number of thiophene rings is 1. The van der Waals surface area contributed by atoms with E-state index in [1.54, 1.807) is 0 Å². The molecule has 43 heavy (non-hydrogen) atoms. The van der Waals surface area contributed by atoms with Gasteiger partial charge in [-0.3, -0.25) is 0 Å². The summed E-state index contributed by atoms with van der Waals surface area (Å²) in [7, 11) is 0. The molecule has 7 aromatic carbocycles. The van der Waals surface area contributed by atoms with Gasteiger partial charge >= 0.3 is 0 Å². The van der Waals surface area contributed by atoms with Crippen molar-refractivity contribution in [3.8, 4) is 16.8 Å². The molecule has 0 radical (unpaired) electrons. The van der Waals surface area contributed by atoms with Crippen LogP contribution in [0.5, 0.6) is 0 Å². The maximum atomic E-state index is 3.80. The Balaban J connectivity index is 1.34. The van der Waals surface area contributed by atoms with Crippen LogP contribution in [0.15, 0.2) is 140 Å². The van der Waals surface area contributed by atoms with Gasteiger partial charge in [0.1, 0.15) is 0 Å². The second-order valence-electron chi connectivity index (χ2n) is 11.4. The van der Waals surface area contributed by atoms with Crippen molar-refractivity contribution in [3.05, 3.63) is 140 Å². The molecule has 3 heterocycles. The van der Waals surface area contributed by atoms with Crippen molar-refractivity contribution in [2.24, 2.45) is 0 Å². The lowest BCUT2D eigenvalue weighted by molar-refractivity contribution is 1.18. The summed E-state index contributed by atoms with van der Waals surface area (Å²) < 4.78 is 5.08. The van der Waals surface area contributed by atoms with Crippen LogP contribution in [0, 0.1) is 0 Å². The van der Waals surface area contributed by atoms with E-state index in [0.717, 1.165) is 0 Å². The van der Waals surface area contributed by atoms with Crippen molar-refractivity contribution in [2.45, 2.75) is 0 Å². The smallest absolute Gasteiger partial charge is 0.0653 e. The lowest BCUT2D eigenvalue weighted by Gasteiger charge is -2.10. The third-order valence-electron chi connectivity index (χ3n) is 9.09. The number of hydrogen-bond acceptors (Lipinski definition) is 1. The highest BCUT2D eigenvalue weighted by atomic mass is 32.1. The summed E-state index contributed by atoms with van der Waals surface area (Å²) in [5.41, 5.74) is 8.52. The molecule has 10 rings (SSSR count). The molecule has 1 N–H and O–H groups in total. The molecule has 3 aromatic heterocycles. The first-order chi connectivity index (χ1) is 21.3. The molecule has 2 nitrogen and oxygen atoms in total. The van der Waals surface area contributed by atoms with Gasteiger partial charge in [-0.25, -0.2) is 0 Å². The van der Waals surface area contributed by atoms with Crippen LogP contribution in [-0.4, -0.2) is 9.55 Å². The molecule has 0 atom stereocenters. The zero-order valence-corrected chi connectivity index (χ0v) is 24.0. The largest absolute Gasteiger partial charge is 0.353 e. The minimum atomic E-state index is 1.18. The zero-order chi connectivity index (χ0) is 28.1. The molecule has 0 aliphatic carbocycles. The van der Waals surface area contributed by atoms with Crippen molar-refractivity contribution in [3.63, 3.8) is 0 Å². The van der Waals surface area contributed by atoms with Gasteiger partial charge in [0, 0.05) is 48.2 Å². The van der Waals surface area contributed by atoms with E-state index in [9.17, 15) is 0 Å². The molecule has 0 spiro atoms. The van der Waals surface area contributed by atoms with Gasteiger partial charge in [-0.2, -0.15) is 0 Å². The van der Waals surface area contributed by atoms with Crippen molar-refractivity contribution in [2.75, 3.05) is 0 Å². The Kier molecular flexibility index (Phi) is 4.63. The van der Waals surface area contributed by atoms with E-state index in [2.05, 4.69) is 149 Å². The number of fused-ring (bicyclic) bond motifs is 13. The average molecular weight is 565 g/mol. The Morgan fingerprint density at radius 1 is 0.465 bits per heavy atom. The minimum Gasteiger partial charge on any atom is -0.353 e. The van der Waals surface area contributed by atoms with E-state index in [1.807, 2.05) is 11.3 Å². The van der Waals surface area contributed by atoms with E-state index in [4.69, 9.17) is 0 Å². The standard InChI is InChI=1S/C40H24N2S/c1-2-11-24(12-3-1)25-13-10-14-26(21-25)42-34-20-9-7-15-27(34)31-22-32-36(23-35(31)42)43-40-38(32)29-17-5-4-16-28(29)37-30-18-6-8-19-33(30)41-39(37)40/h1-23,41H. The van der Waals surface area contributed by atoms with Crippen LogP contribution in [0.2, 0.25) is 0 Å². The summed E-state index contributed by atoms with van der Waals surface area (Å²) in [6.07, 6.45) is 0. The zero-order valence-electron chi connectivity index (χ0n) is 23.1. The van der Waals surface area contributed by atoms with Gasteiger partial charge in [-0.05, 0) is 58.3 Å². The number of aromatic nitrogens is 2. The van der Waals surface area contributed by atoms with E-state index >= 15 is 0 Å². The summed E-state index contributed by atoms with van der Waals surface area (Å²) in [5, 5.41) is 10.5. The van der Waals surface area contributed by atoms with Gasteiger partial charge in [0.2, 0.25) is 0 Å². The molecular formula is C40H24N2S. The first-order valence-electron chi connectivity index (χ1n) is 14.7. The third kappa shape index (κ3) is 3.17. The van der Waals surface area contributed by atoms with Gasteiger partial charge in [-0.1, -0.05) is 103 Å². The van der Waals surface area contributed by atoms with Crippen molar-refractivity contribution >= 4 is 85.9 Å². The fourth-order valence-corrected chi connectivity index (χ4v) is 8.49. The van der Waals surface area contributed by atoms with Crippen LogP contribution in [0.4, 0.5) is 0 Å². The van der Waals surface area contributed by atoms with Gasteiger partial charge in [0.25, 0.3) is 0 Å². The molecule has 0 saturated carbocycles. The number of nitrogens with one attached hydrogen (secondary N) is 1. The Labute approximate surface area is 251 Å². The maximum absolute atomic E-state index is 3.80. The molecule has 0 aliphatic heterocycles. The quantitative estimate of drug-likeness (QED) is 0.216. The molecule has 0 aliphatic rings. The summed E-state index contributed by atoms with van der Waals surface area (Å²) in [5.74, 6) is 0. The number of hydrogen-bond donors (Lipinski definition) is 1. The molecule has 0 fully saturated rings. The van der Waals surface area contributed by atoms with Crippen LogP contribution < -0.4 is 0 Å². The van der Waals surface area contributed by atoms with Crippen LogP contribution in [0.25, 0.3) is 91.4 Å². The predicted octanol–water partition coefficient (Wildman–Crippen LogP) is 11.6. The average Bonchev–Trinajstić information content (AvgIpc) is 3.74. The molecule has 0 unspecified atom stereocenters. The Morgan fingerprint density at radius 2 is 1.16 bits per heavy atom. The van der Waals surface area contributed by atoms with Gasteiger partial charge in [0.15, 0.2) is 0 Å². The maximum Gasteiger partial charge on any atom is 0.0653 e. The molecular weight excluding hydrogens is 541 g/mol. The normalized spacial score (nSPS) is 12.2. The number of aromatic amines is 1. The lowest BCUT2D eigenvalue weighted by Crippen LogP contribution is -1.94. The summed E-state index contributed by atoms with van der Waals surface area (Å²) >= 11 is 1.91. The van der Waals surface area contributed by atoms with Crippen LogP contribution in [-0.2, 0) is 0 Å². The second kappa shape index (κ2) is 8.57. The SMILES string of the molecule is c1ccc(-c2cccc(-n3c4ccccc4c4cc5c(cc43)sc3c4[nH]c6ccccc6c4c4ccccc4c53)c2)cc1. The van der Waals surface area contributed by atoms with E-state index in [0.29, 0.717) is 0 Å². The topological polar surface area (TPSA) is 20.7 Å². The van der Waals surface area contributed by atoms with E-state index < -0.39 is 0 Å². The third-order valence-corrected chi connectivity index (χ3v) is 10.3. The van der Waals surface area contributed by atoms with Gasteiger partial charge in [-0.15, -0.1) is 11.3 Å². The number of nitrogens with zero attached hydrogens (tertiary/aromatic N) is 1. The monoisotopic (exact) mass is 564 g/mol. The Hall–Kier alpha value is -5.38.